The molecule has 0 radical (unpaired) electrons. The number of nitrogens with one attached hydrogen (secondary N) is 1. The number of halogens is 2. The van der Waals surface area contributed by atoms with Crippen LogP contribution in [0.15, 0.2) is 47.6 Å². The average Bonchev–Trinajstić information content (AvgIpc) is 3.17. The van der Waals surface area contributed by atoms with Gasteiger partial charge in [-0.1, -0.05) is 35.5 Å². The number of aromatic nitrogens is 3. The zero-order chi connectivity index (χ0) is 22.4. The standard InChI is InChI=1S/C21H22ClFN4O3S/c1-4-27-20(13(2)30-18-8-6-5-7-17(18)29-3)25-26-21(27)31-12-19(28)24-16-10-9-14(23)11-15(16)22/h5-11,13H,4,12H2,1-3H3,(H,24,28). The van der Waals surface area contributed by atoms with Crippen molar-refractivity contribution in [2.45, 2.75) is 31.7 Å². The van der Waals surface area contributed by atoms with Crippen LogP contribution >= 0.6 is 23.4 Å². The number of thioether (sulfide) groups is 1. The van der Waals surface area contributed by atoms with E-state index in [1.54, 1.807) is 7.11 Å². The van der Waals surface area contributed by atoms with E-state index in [2.05, 4.69) is 15.5 Å². The molecule has 31 heavy (non-hydrogen) atoms. The Balaban J connectivity index is 1.66. The van der Waals surface area contributed by atoms with Crippen LogP contribution in [0.25, 0.3) is 0 Å². The summed E-state index contributed by atoms with van der Waals surface area (Å²) in [5, 5.41) is 11.9. The molecule has 0 aliphatic rings. The van der Waals surface area contributed by atoms with Crippen LogP contribution in [0.4, 0.5) is 10.1 Å². The molecule has 1 unspecified atom stereocenters. The van der Waals surface area contributed by atoms with E-state index >= 15 is 0 Å². The van der Waals surface area contributed by atoms with Crippen LogP contribution in [0, 0.1) is 5.82 Å². The van der Waals surface area contributed by atoms with Gasteiger partial charge in [-0.15, -0.1) is 10.2 Å². The smallest absolute Gasteiger partial charge is 0.234 e. The summed E-state index contributed by atoms with van der Waals surface area (Å²) in [7, 11) is 1.58. The first-order valence-electron chi connectivity index (χ1n) is 9.53. The summed E-state index contributed by atoms with van der Waals surface area (Å²) in [5.41, 5.74) is 0.352. The van der Waals surface area contributed by atoms with Gasteiger partial charge in [0.05, 0.1) is 23.6 Å². The number of ether oxygens (including phenoxy) is 2. The Morgan fingerprint density at radius 1 is 1.26 bits per heavy atom. The normalized spacial score (nSPS) is 11.8. The van der Waals surface area contributed by atoms with E-state index < -0.39 is 5.82 Å². The number of amides is 1. The Hall–Kier alpha value is -2.78. The van der Waals surface area contributed by atoms with Gasteiger partial charge in [0.2, 0.25) is 5.91 Å². The number of carbonyl (C=O) groups is 1. The lowest BCUT2D eigenvalue weighted by atomic mass is 10.3. The minimum Gasteiger partial charge on any atom is -0.493 e. The van der Waals surface area contributed by atoms with Crippen molar-refractivity contribution in [1.82, 2.24) is 14.8 Å². The quantitative estimate of drug-likeness (QED) is 0.450. The predicted molar refractivity (Wildman–Crippen MR) is 118 cm³/mol. The second-order valence-corrected chi connectivity index (χ2v) is 7.81. The third-order valence-corrected chi connectivity index (χ3v) is 5.62. The van der Waals surface area contributed by atoms with Crippen LogP contribution in [-0.2, 0) is 11.3 Å². The van der Waals surface area contributed by atoms with Gasteiger partial charge < -0.3 is 19.4 Å². The van der Waals surface area contributed by atoms with Gasteiger partial charge in [0, 0.05) is 6.54 Å². The van der Waals surface area contributed by atoms with Crippen molar-refractivity contribution in [3.8, 4) is 11.5 Å². The number of carbonyl (C=O) groups excluding carboxylic acids is 1. The van der Waals surface area contributed by atoms with E-state index in [9.17, 15) is 9.18 Å². The average molecular weight is 465 g/mol. The minimum absolute atomic E-state index is 0.0909. The summed E-state index contributed by atoms with van der Waals surface area (Å²) in [4.78, 5) is 12.3. The number of hydrogen-bond acceptors (Lipinski definition) is 6. The monoisotopic (exact) mass is 464 g/mol. The van der Waals surface area contributed by atoms with Crippen molar-refractivity contribution >= 4 is 35.0 Å². The molecule has 2 aromatic carbocycles. The molecule has 1 heterocycles. The molecule has 10 heteroatoms. The topological polar surface area (TPSA) is 78.3 Å². The summed E-state index contributed by atoms with van der Waals surface area (Å²) < 4.78 is 26.4. The van der Waals surface area contributed by atoms with Gasteiger partial charge in [0.15, 0.2) is 28.6 Å². The lowest BCUT2D eigenvalue weighted by molar-refractivity contribution is -0.113. The van der Waals surface area contributed by atoms with Gasteiger partial charge in [-0.2, -0.15) is 0 Å². The van der Waals surface area contributed by atoms with E-state index in [1.807, 2.05) is 42.7 Å². The number of nitrogens with zero attached hydrogens (tertiary/aromatic N) is 3. The molecule has 0 aliphatic heterocycles. The molecule has 1 amide bonds. The molecule has 1 atom stereocenters. The second-order valence-electron chi connectivity index (χ2n) is 6.46. The van der Waals surface area contributed by atoms with Crippen LogP contribution < -0.4 is 14.8 Å². The SMILES string of the molecule is CCn1c(SCC(=O)Nc2ccc(F)cc2Cl)nnc1C(C)Oc1ccccc1OC. The van der Waals surface area contributed by atoms with Gasteiger partial charge in [-0.25, -0.2) is 4.39 Å². The molecule has 3 aromatic rings. The van der Waals surface area contributed by atoms with Crippen LogP contribution in [0.5, 0.6) is 11.5 Å². The number of hydrogen-bond donors (Lipinski definition) is 1. The van der Waals surface area contributed by atoms with Crippen molar-refractivity contribution in [2.24, 2.45) is 0 Å². The zero-order valence-corrected chi connectivity index (χ0v) is 18.8. The summed E-state index contributed by atoms with van der Waals surface area (Å²) >= 11 is 7.19. The summed E-state index contributed by atoms with van der Waals surface area (Å²) in [6, 6.07) is 11.2. The Kier molecular flexibility index (Phi) is 7.75. The number of para-hydroxylation sites is 2. The lowest BCUT2D eigenvalue weighted by Gasteiger charge is -2.17. The van der Waals surface area contributed by atoms with E-state index in [4.69, 9.17) is 21.1 Å². The molecule has 164 valence electrons. The minimum atomic E-state index is -0.467. The highest BCUT2D eigenvalue weighted by Gasteiger charge is 2.20. The third kappa shape index (κ3) is 5.68. The van der Waals surface area contributed by atoms with E-state index in [-0.39, 0.29) is 22.8 Å². The van der Waals surface area contributed by atoms with Crippen molar-refractivity contribution in [1.29, 1.82) is 0 Å². The van der Waals surface area contributed by atoms with Crippen LogP contribution in [0.1, 0.15) is 25.8 Å². The molecule has 0 spiro atoms. The first-order chi connectivity index (χ1) is 14.9. The summed E-state index contributed by atoms with van der Waals surface area (Å²) in [6.45, 7) is 4.45. The Morgan fingerprint density at radius 2 is 2.00 bits per heavy atom. The predicted octanol–water partition coefficient (Wildman–Crippen LogP) is 4.97. The van der Waals surface area contributed by atoms with E-state index in [0.717, 1.165) is 6.07 Å². The van der Waals surface area contributed by atoms with Crippen LogP contribution in [0.2, 0.25) is 5.02 Å². The number of anilines is 1. The maximum absolute atomic E-state index is 13.1. The van der Waals surface area contributed by atoms with E-state index in [0.29, 0.717) is 34.7 Å². The van der Waals surface area contributed by atoms with Gasteiger partial charge in [-0.05, 0) is 44.2 Å². The first kappa shape index (κ1) is 22.9. The fraction of sp³-hybridized carbons (Fsp3) is 0.286. The van der Waals surface area contributed by atoms with Gasteiger partial charge >= 0.3 is 0 Å². The molecular weight excluding hydrogens is 443 g/mol. The van der Waals surface area contributed by atoms with Crippen molar-refractivity contribution in [3.63, 3.8) is 0 Å². The second kappa shape index (κ2) is 10.5. The van der Waals surface area contributed by atoms with E-state index in [1.165, 1.54) is 23.9 Å². The highest BCUT2D eigenvalue weighted by atomic mass is 35.5. The number of benzene rings is 2. The van der Waals surface area contributed by atoms with Crippen molar-refractivity contribution in [3.05, 3.63) is 59.1 Å². The molecule has 0 saturated heterocycles. The Morgan fingerprint density at radius 3 is 2.68 bits per heavy atom. The van der Waals surface area contributed by atoms with Crippen molar-refractivity contribution < 1.29 is 18.7 Å². The van der Waals surface area contributed by atoms with Gasteiger partial charge in [-0.3, -0.25) is 4.79 Å². The molecule has 0 aliphatic carbocycles. The molecule has 1 N–H and O–H groups in total. The van der Waals surface area contributed by atoms with Crippen molar-refractivity contribution in [2.75, 3.05) is 18.2 Å². The molecule has 0 bridgehead atoms. The molecule has 0 fully saturated rings. The van der Waals surface area contributed by atoms with Crippen LogP contribution in [0.3, 0.4) is 0 Å². The third-order valence-electron chi connectivity index (χ3n) is 4.34. The summed E-state index contributed by atoms with van der Waals surface area (Å²) in [5.74, 6) is 1.20. The highest BCUT2D eigenvalue weighted by molar-refractivity contribution is 7.99. The number of methoxy groups -OCH3 is 1. The molecule has 3 rings (SSSR count). The maximum Gasteiger partial charge on any atom is 0.234 e. The molecule has 1 aromatic heterocycles. The van der Waals surface area contributed by atoms with Gasteiger partial charge in [0.1, 0.15) is 5.82 Å². The maximum atomic E-state index is 13.1. The number of rotatable bonds is 9. The zero-order valence-electron chi connectivity index (χ0n) is 17.3. The van der Waals surface area contributed by atoms with Gasteiger partial charge in [0.25, 0.3) is 0 Å². The fourth-order valence-corrected chi connectivity index (χ4v) is 3.90. The first-order valence-corrected chi connectivity index (χ1v) is 10.9. The lowest BCUT2D eigenvalue weighted by Crippen LogP contribution is -2.15. The molecule has 0 saturated carbocycles. The van der Waals surface area contributed by atoms with Crippen LogP contribution in [-0.4, -0.2) is 33.5 Å². The molecular formula is C21H22ClFN4O3S. The Labute approximate surface area is 188 Å². The Bertz CT molecular complexity index is 1060. The fourth-order valence-electron chi connectivity index (χ4n) is 2.87. The largest absolute Gasteiger partial charge is 0.493 e. The molecule has 7 nitrogen and oxygen atoms in total. The highest BCUT2D eigenvalue weighted by Crippen LogP contribution is 2.31. The summed E-state index contributed by atoms with van der Waals surface area (Å²) in [6.07, 6.45) is -0.384.